The third kappa shape index (κ3) is 5.10. The topological polar surface area (TPSA) is 28.2 Å². The van der Waals surface area contributed by atoms with Crippen LogP contribution in [-0.4, -0.2) is 12.0 Å². The first-order valence-electron chi connectivity index (χ1n) is 10.2. The summed E-state index contributed by atoms with van der Waals surface area (Å²) in [6.07, 6.45) is 4.17. The van der Waals surface area contributed by atoms with Gasteiger partial charge in [0.1, 0.15) is 11.5 Å². The summed E-state index contributed by atoms with van der Waals surface area (Å²) in [7, 11) is 1.72. The predicted octanol–water partition coefficient (Wildman–Crippen LogP) is 7.33. The fourth-order valence-corrected chi connectivity index (χ4v) is 3.44. The fraction of sp³-hybridized carbons (Fsp3) is 0.240. The number of halogens is 4. The highest BCUT2D eigenvalue weighted by Crippen LogP contribution is 2.37. The van der Waals surface area contributed by atoms with E-state index >= 15 is 0 Å². The van der Waals surface area contributed by atoms with E-state index in [-0.39, 0.29) is 11.3 Å². The summed E-state index contributed by atoms with van der Waals surface area (Å²) in [6, 6.07) is 10.9. The summed E-state index contributed by atoms with van der Waals surface area (Å²) < 4.78 is 57.0. The van der Waals surface area contributed by atoms with Gasteiger partial charge < -0.3 is 10.2 Å². The van der Waals surface area contributed by atoms with Crippen LogP contribution in [0, 0.1) is 17.5 Å². The standard InChI is InChI=1S/C25H25F4N3/c1-5-6-22(24-20(27)14-30-15-21(24)28)31-17-8-10-18(11-9-17)32(4)23-13-16(26)7-12-19(23)25(2,3)29/h6-15,31H,5H2,1-4H3/b22-6-. The lowest BCUT2D eigenvalue weighted by Crippen LogP contribution is -2.18. The van der Waals surface area contributed by atoms with Crippen molar-refractivity contribution in [3.8, 4) is 0 Å². The van der Waals surface area contributed by atoms with Gasteiger partial charge in [-0.3, -0.25) is 4.98 Å². The van der Waals surface area contributed by atoms with Crippen LogP contribution in [0.5, 0.6) is 0 Å². The van der Waals surface area contributed by atoms with Gasteiger partial charge in [0.05, 0.1) is 23.6 Å². The van der Waals surface area contributed by atoms with Crippen LogP contribution in [0.2, 0.25) is 0 Å². The van der Waals surface area contributed by atoms with Gasteiger partial charge in [0.25, 0.3) is 0 Å². The Labute approximate surface area is 185 Å². The highest BCUT2D eigenvalue weighted by Gasteiger charge is 2.25. The first kappa shape index (κ1) is 23.3. The Morgan fingerprint density at radius 1 is 1.03 bits per heavy atom. The Morgan fingerprint density at radius 3 is 2.22 bits per heavy atom. The van der Waals surface area contributed by atoms with Gasteiger partial charge >= 0.3 is 0 Å². The van der Waals surface area contributed by atoms with Gasteiger partial charge in [-0.15, -0.1) is 0 Å². The lowest BCUT2D eigenvalue weighted by atomic mass is 9.97. The van der Waals surface area contributed by atoms with Crippen molar-refractivity contribution in [2.24, 2.45) is 0 Å². The van der Waals surface area contributed by atoms with E-state index in [1.54, 1.807) is 42.3 Å². The van der Waals surface area contributed by atoms with E-state index in [0.717, 1.165) is 12.4 Å². The quantitative estimate of drug-likeness (QED) is 0.387. The maximum absolute atomic E-state index is 14.7. The largest absolute Gasteiger partial charge is 0.355 e. The van der Waals surface area contributed by atoms with E-state index < -0.39 is 23.1 Å². The van der Waals surface area contributed by atoms with Gasteiger partial charge in [0.2, 0.25) is 0 Å². The molecule has 0 bridgehead atoms. The molecule has 1 aromatic heterocycles. The maximum atomic E-state index is 14.7. The number of aromatic nitrogens is 1. The van der Waals surface area contributed by atoms with Crippen LogP contribution < -0.4 is 10.2 Å². The molecule has 1 N–H and O–H groups in total. The molecule has 1 heterocycles. The van der Waals surface area contributed by atoms with E-state index in [9.17, 15) is 17.6 Å². The number of benzene rings is 2. The van der Waals surface area contributed by atoms with Crippen LogP contribution in [0.4, 0.5) is 34.6 Å². The molecule has 0 spiro atoms. The lowest BCUT2D eigenvalue weighted by molar-refractivity contribution is 0.222. The molecule has 0 saturated carbocycles. The van der Waals surface area contributed by atoms with Crippen LogP contribution in [0.1, 0.15) is 38.3 Å². The zero-order valence-corrected chi connectivity index (χ0v) is 18.4. The Kier molecular flexibility index (Phi) is 6.87. The van der Waals surface area contributed by atoms with Crippen molar-refractivity contribution >= 4 is 22.8 Å². The molecule has 2 aromatic carbocycles. The number of rotatable bonds is 7. The van der Waals surface area contributed by atoms with Crippen molar-refractivity contribution in [2.45, 2.75) is 32.9 Å². The van der Waals surface area contributed by atoms with Gasteiger partial charge in [-0.25, -0.2) is 17.6 Å². The number of nitrogens with zero attached hydrogens (tertiary/aromatic N) is 2. The minimum atomic E-state index is -1.66. The second kappa shape index (κ2) is 9.42. The van der Waals surface area contributed by atoms with Gasteiger partial charge in [-0.1, -0.05) is 19.1 Å². The number of pyridine rings is 1. The van der Waals surface area contributed by atoms with Gasteiger partial charge in [0, 0.05) is 29.7 Å². The van der Waals surface area contributed by atoms with E-state index in [2.05, 4.69) is 10.3 Å². The second-order valence-electron chi connectivity index (χ2n) is 7.87. The molecule has 0 aliphatic rings. The summed E-state index contributed by atoms with van der Waals surface area (Å²) in [4.78, 5) is 5.21. The smallest absolute Gasteiger partial charge is 0.153 e. The van der Waals surface area contributed by atoms with Crippen molar-refractivity contribution in [1.82, 2.24) is 4.98 Å². The summed E-state index contributed by atoms with van der Waals surface area (Å²) in [6.45, 7) is 4.70. The normalized spacial score (nSPS) is 12.1. The molecule has 0 unspecified atom stereocenters. The molecule has 0 saturated heterocycles. The molecule has 0 amide bonds. The molecule has 0 radical (unpaired) electrons. The number of nitrogens with one attached hydrogen (secondary N) is 1. The molecule has 7 heteroatoms. The molecular formula is C25H25F4N3. The zero-order valence-electron chi connectivity index (χ0n) is 18.4. The molecule has 0 fully saturated rings. The third-order valence-corrected chi connectivity index (χ3v) is 5.03. The van der Waals surface area contributed by atoms with Gasteiger partial charge in [-0.05, 0) is 56.7 Å². The number of anilines is 3. The summed E-state index contributed by atoms with van der Waals surface area (Å²) in [5, 5.41) is 3.04. The molecule has 0 aliphatic heterocycles. The van der Waals surface area contributed by atoms with Gasteiger partial charge in [0.15, 0.2) is 11.6 Å². The predicted molar refractivity (Wildman–Crippen MR) is 121 cm³/mol. The Morgan fingerprint density at radius 2 is 1.66 bits per heavy atom. The molecular weight excluding hydrogens is 418 g/mol. The van der Waals surface area contributed by atoms with Crippen LogP contribution in [-0.2, 0) is 5.67 Å². The number of hydrogen-bond acceptors (Lipinski definition) is 3. The van der Waals surface area contributed by atoms with Crippen molar-refractivity contribution in [2.75, 3.05) is 17.3 Å². The minimum Gasteiger partial charge on any atom is -0.355 e. The van der Waals surface area contributed by atoms with Crippen LogP contribution in [0.3, 0.4) is 0 Å². The molecule has 3 aromatic rings. The molecule has 0 atom stereocenters. The second-order valence-corrected chi connectivity index (χ2v) is 7.87. The monoisotopic (exact) mass is 443 g/mol. The first-order chi connectivity index (χ1) is 15.1. The third-order valence-electron chi connectivity index (χ3n) is 5.03. The summed E-state index contributed by atoms with van der Waals surface area (Å²) in [5.41, 5.74) is 0.509. The van der Waals surface area contributed by atoms with Crippen molar-refractivity contribution in [1.29, 1.82) is 0 Å². The Hall–Kier alpha value is -3.35. The first-order valence-corrected chi connectivity index (χ1v) is 10.2. The van der Waals surface area contributed by atoms with E-state index in [0.29, 0.717) is 29.0 Å². The van der Waals surface area contributed by atoms with Crippen molar-refractivity contribution in [3.05, 3.63) is 89.5 Å². The molecule has 3 rings (SSSR count). The van der Waals surface area contributed by atoms with Crippen molar-refractivity contribution in [3.63, 3.8) is 0 Å². The van der Waals surface area contributed by atoms with Crippen LogP contribution in [0.15, 0.2) is 60.9 Å². The van der Waals surface area contributed by atoms with E-state index in [4.69, 9.17) is 0 Å². The van der Waals surface area contributed by atoms with Crippen LogP contribution >= 0.6 is 0 Å². The van der Waals surface area contributed by atoms with Crippen LogP contribution in [0.25, 0.3) is 5.70 Å². The van der Waals surface area contributed by atoms with E-state index in [1.807, 2.05) is 6.92 Å². The molecule has 32 heavy (non-hydrogen) atoms. The molecule has 168 valence electrons. The highest BCUT2D eigenvalue weighted by atomic mass is 19.1. The average molecular weight is 443 g/mol. The molecule has 0 aliphatic carbocycles. The number of hydrogen-bond donors (Lipinski definition) is 1. The Balaban J connectivity index is 1.90. The lowest BCUT2D eigenvalue weighted by Gasteiger charge is -2.27. The average Bonchev–Trinajstić information content (AvgIpc) is 2.73. The van der Waals surface area contributed by atoms with Gasteiger partial charge in [-0.2, -0.15) is 0 Å². The summed E-state index contributed by atoms with van der Waals surface area (Å²) in [5.74, 6) is -1.99. The number of allylic oxidation sites excluding steroid dienone is 1. The Bertz CT molecular complexity index is 1100. The number of alkyl halides is 1. The fourth-order valence-electron chi connectivity index (χ4n) is 3.44. The highest BCUT2D eigenvalue weighted by molar-refractivity contribution is 5.78. The SMILES string of the molecule is CC/C=C(\Nc1ccc(N(C)c2cc(F)ccc2C(C)(C)F)cc1)c1c(F)cncc1F. The van der Waals surface area contributed by atoms with E-state index in [1.165, 1.54) is 32.0 Å². The zero-order chi connectivity index (χ0) is 23.5. The van der Waals surface area contributed by atoms with Crippen molar-refractivity contribution < 1.29 is 17.6 Å². The maximum Gasteiger partial charge on any atom is 0.153 e. The minimum absolute atomic E-state index is 0.183. The summed E-state index contributed by atoms with van der Waals surface area (Å²) >= 11 is 0. The molecule has 3 nitrogen and oxygen atoms in total.